The largest absolute Gasteiger partial charge is 0.494 e. The molecule has 0 atom stereocenters. The van der Waals surface area contributed by atoms with Crippen molar-refractivity contribution in [3.05, 3.63) is 83.9 Å². The number of sulfonamides is 1. The number of carbonyl (C=O) groups is 1. The van der Waals surface area contributed by atoms with E-state index >= 15 is 0 Å². The van der Waals surface area contributed by atoms with Gasteiger partial charge in [-0.2, -0.15) is 0 Å². The summed E-state index contributed by atoms with van der Waals surface area (Å²) in [7, 11) is -3.98. The van der Waals surface area contributed by atoms with Crippen LogP contribution in [-0.2, 0) is 21.2 Å². The van der Waals surface area contributed by atoms with Crippen LogP contribution in [-0.4, -0.2) is 40.1 Å². The van der Waals surface area contributed by atoms with Gasteiger partial charge in [0, 0.05) is 6.54 Å². The normalized spacial score (nSPS) is 11.3. The van der Waals surface area contributed by atoms with Gasteiger partial charge in [0.1, 0.15) is 18.0 Å². The fraction of sp³-hybridized carbons (Fsp3) is 0.345. The third-order valence-electron chi connectivity index (χ3n) is 5.59. The highest BCUT2D eigenvalue weighted by molar-refractivity contribution is 7.92. The number of nitrogens with one attached hydrogen (secondary N) is 1. The van der Waals surface area contributed by atoms with Crippen LogP contribution in [0.25, 0.3) is 0 Å². The zero-order valence-corrected chi connectivity index (χ0v) is 22.8. The molecule has 0 unspecified atom stereocenters. The SMILES string of the molecule is CCOc1ccc(S(=O)(=O)N(CC(=O)NCCCc2ccc(OC(C)C)cc2)c2ccc(C)cc2)cc1. The molecule has 198 valence electrons. The van der Waals surface area contributed by atoms with Crippen molar-refractivity contribution in [1.82, 2.24) is 5.32 Å². The Balaban J connectivity index is 1.64. The maximum Gasteiger partial charge on any atom is 0.264 e. The lowest BCUT2D eigenvalue weighted by molar-refractivity contribution is -0.119. The summed E-state index contributed by atoms with van der Waals surface area (Å²) in [4.78, 5) is 12.9. The molecule has 0 radical (unpaired) electrons. The fourth-order valence-corrected chi connectivity index (χ4v) is 5.16. The third kappa shape index (κ3) is 8.25. The predicted molar refractivity (Wildman–Crippen MR) is 147 cm³/mol. The quantitative estimate of drug-likeness (QED) is 0.314. The minimum absolute atomic E-state index is 0.0919. The minimum Gasteiger partial charge on any atom is -0.494 e. The molecule has 0 aromatic heterocycles. The Bertz CT molecular complexity index is 1240. The first-order chi connectivity index (χ1) is 17.7. The van der Waals surface area contributed by atoms with Gasteiger partial charge in [-0.15, -0.1) is 0 Å². The van der Waals surface area contributed by atoms with Crippen molar-refractivity contribution in [2.75, 3.05) is 24.0 Å². The molecule has 0 bridgehead atoms. The van der Waals surface area contributed by atoms with E-state index in [1.807, 2.05) is 64.1 Å². The van der Waals surface area contributed by atoms with Gasteiger partial charge in [-0.1, -0.05) is 29.8 Å². The first-order valence-electron chi connectivity index (χ1n) is 12.5. The van der Waals surface area contributed by atoms with Crippen LogP contribution in [0.4, 0.5) is 5.69 Å². The summed E-state index contributed by atoms with van der Waals surface area (Å²) in [6.07, 6.45) is 1.64. The summed E-state index contributed by atoms with van der Waals surface area (Å²) in [6, 6.07) is 21.2. The second-order valence-corrected chi connectivity index (χ2v) is 10.9. The molecule has 3 aromatic carbocycles. The number of hydrogen-bond acceptors (Lipinski definition) is 5. The monoisotopic (exact) mass is 524 g/mol. The van der Waals surface area contributed by atoms with Crippen molar-refractivity contribution in [3.63, 3.8) is 0 Å². The van der Waals surface area contributed by atoms with Gasteiger partial charge in [0.2, 0.25) is 5.91 Å². The Morgan fingerprint density at radius 1 is 0.919 bits per heavy atom. The molecule has 0 saturated heterocycles. The molecular formula is C29H36N2O5S. The maximum atomic E-state index is 13.5. The van der Waals surface area contributed by atoms with E-state index in [0.717, 1.165) is 34.0 Å². The number of anilines is 1. The average Bonchev–Trinajstić information content (AvgIpc) is 2.87. The Labute approximate surface area is 220 Å². The summed E-state index contributed by atoms with van der Waals surface area (Å²) in [6.45, 7) is 8.36. The number of aryl methyl sites for hydroxylation is 2. The van der Waals surface area contributed by atoms with Crippen molar-refractivity contribution >= 4 is 21.6 Å². The Kier molecular flexibility index (Phi) is 9.97. The standard InChI is InChI=1S/C29H36N2O5S/c1-5-35-26-16-18-28(19-17-26)37(33,34)31(25-12-8-23(4)9-13-25)21-29(32)30-20-6-7-24-10-14-27(15-11-24)36-22(2)3/h8-19,22H,5-7,20-21H2,1-4H3,(H,30,32). The second-order valence-electron chi connectivity index (χ2n) is 9.02. The van der Waals surface area contributed by atoms with Crippen LogP contribution in [0.1, 0.15) is 38.3 Å². The summed E-state index contributed by atoms with van der Waals surface area (Å²) in [5.41, 5.74) is 2.57. The molecule has 3 rings (SSSR count). The number of amides is 1. The van der Waals surface area contributed by atoms with E-state index in [2.05, 4.69) is 5.32 Å². The van der Waals surface area contributed by atoms with Gasteiger partial charge in [0.15, 0.2) is 0 Å². The van der Waals surface area contributed by atoms with Gasteiger partial charge in [0.05, 0.1) is 23.3 Å². The number of hydrogen-bond donors (Lipinski definition) is 1. The van der Waals surface area contributed by atoms with E-state index in [1.165, 1.54) is 12.1 Å². The molecule has 7 nitrogen and oxygen atoms in total. The lowest BCUT2D eigenvalue weighted by Crippen LogP contribution is -2.41. The zero-order valence-electron chi connectivity index (χ0n) is 21.9. The Hall–Kier alpha value is -3.52. The van der Waals surface area contributed by atoms with Crippen molar-refractivity contribution in [3.8, 4) is 11.5 Å². The average molecular weight is 525 g/mol. The van der Waals surface area contributed by atoms with Crippen LogP contribution in [0.15, 0.2) is 77.7 Å². The molecule has 3 aromatic rings. The number of ether oxygens (including phenoxy) is 2. The summed E-state index contributed by atoms with van der Waals surface area (Å²) in [5.74, 6) is 1.05. The molecule has 8 heteroatoms. The highest BCUT2D eigenvalue weighted by Crippen LogP contribution is 2.25. The molecule has 1 N–H and O–H groups in total. The van der Waals surface area contributed by atoms with Crippen LogP contribution in [0.5, 0.6) is 11.5 Å². The molecule has 37 heavy (non-hydrogen) atoms. The Morgan fingerprint density at radius 2 is 1.54 bits per heavy atom. The van der Waals surface area contributed by atoms with E-state index in [4.69, 9.17) is 9.47 Å². The highest BCUT2D eigenvalue weighted by atomic mass is 32.2. The molecule has 0 saturated carbocycles. The topological polar surface area (TPSA) is 84.9 Å². The van der Waals surface area contributed by atoms with Crippen LogP contribution >= 0.6 is 0 Å². The number of nitrogens with zero attached hydrogens (tertiary/aromatic N) is 1. The zero-order chi connectivity index (χ0) is 26.8. The predicted octanol–water partition coefficient (Wildman–Crippen LogP) is 5.13. The first-order valence-corrected chi connectivity index (χ1v) is 14.0. The molecule has 0 aliphatic carbocycles. The fourth-order valence-electron chi connectivity index (χ4n) is 3.74. The molecule has 0 fully saturated rings. The van der Waals surface area contributed by atoms with Gasteiger partial charge in [-0.05, 0) is 94.6 Å². The molecule has 0 spiro atoms. The minimum atomic E-state index is -3.98. The molecule has 0 aliphatic heterocycles. The van der Waals surface area contributed by atoms with Gasteiger partial charge in [-0.3, -0.25) is 9.10 Å². The van der Waals surface area contributed by atoms with E-state index in [0.29, 0.717) is 24.6 Å². The summed E-state index contributed by atoms with van der Waals surface area (Å²) < 4.78 is 39.3. The van der Waals surface area contributed by atoms with E-state index in [-0.39, 0.29) is 23.5 Å². The van der Waals surface area contributed by atoms with E-state index < -0.39 is 10.0 Å². The lowest BCUT2D eigenvalue weighted by Gasteiger charge is -2.24. The van der Waals surface area contributed by atoms with Crippen molar-refractivity contribution < 1.29 is 22.7 Å². The lowest BCUT2D eigenvalue weighted by atomic mass is 10.1. The second kappa shape index (κ2) is 13.1. The third-order valence-corrected chi connectivity index (χ3v) is 7.38. The van der Waals surface area contributed by atoms with Gasteiger partial charge >= 0.3 is 0 Å². The van der Waals surface area contributed by atoms with Crippen molar-refractivity contribution in [2.24, 2.45) is 0 Å². The van der Waals surface area contributed by atoms with Gasteiger partial charge < -0.3 is 14.8 Å². The first kappa shape index (κ1) is 28.1. The Morgan fingerprint density at radius 3 is 2.14 bits per heavy atom. The van der Waals surface area contributed by atoms with Crippen LogP contribution in [0.3, 0.4) is 0 Å². The highest BCUT2D eigenvalue weighted by Gasteiger charge is 2.27. The van der Waals surface area contributed by atoms with Gasteiger partial charge in [-0.25, -0.2) is 8.42 Å². The van der Waals surface area contributed by atoms with Crippen LogP contribution in [0.2, 0.25) is 0 Å². The molecule has 0 aliphatic rings. The summed E-state index contributed by atoms with van der Waals surface area (Å²) in [5, 5.41) is 2.86. The molecular weight excluding hydrogens is 488 g/mol. The van der Waals surface area contributed by atoms with Crippen molar-refractivity contribution in [1.29, 1.82) is 0 Å². The van der Waals surface area contributed by atoms with E-state index in [1.54, 1.807) is 24.3 Å². The molecule has 1 amide bonds. The smallest absolute Gasteiger partial charge is 0.264 e. The maximum absolute atomic E-state index is 13.5. The number of carbonyl (C=O) groups excluding carboxylic acids is 1. The van der Waals surface area contributed by atoms with Crippen LogP contribution < -0.4 is 19.1 Å². The van der Waals surface area contributed by atoms with Crippen LogP contribution in [0, 0.1) is 6.92 Å². The molecule has 0 heterocycles. The van der Waals surface area contributed by atoms with E-state index in [9.17, 15) is 13.2 Å². The summed E-state index contributed by atoms with van der Waals surface area (Å²) >= 11 is 0. The van der Waals surface area contributed by atoms with Crippen molar-refractivity contribution in [2.45, 2.75) is 51.5 Å². The number of benzene rings is 3. The van der Waals surface area contributed by atoms with Gasteiger partial charge in [0.25, 0.3) is 10.0 Å². The number of rotatable bonds is 13.